The Morgan fingerprint density at radius 3 is 2.60 bits per heavy atom. The van der Waals surface area contributed by atoms with Crippen LogP contribution in [-0.2, 0) is 6.54 Å². The topological polar surface area (TPSA) is 39.9 Å². The molecular formula is C10H10BrN3O. The van der Waals surface area contributed by atoms with Gasteiger partial charge in [-0.1, -0.05) is 12.1 Å². The number of nitrogens with zero attached hydrogens (tertiary/aromatic N) is 3. The van der Waals surface area contributed by atoms with Crippen molar-refractivity contribution < 1.29 is 4.74 Å². The second-order valence-electron chi connectivity index (χ2n) is 3.03. The highest BCUT2D eigenvalue weighted by atomic mass is 79.9. The molecular weight excluding hydrogens is 258 g/mol. The zero-order valence-corrected chi connectivity index (χ0v) is 9.81. The minimum atomic E-state index is 0.699. The van der Waals surface area contributed by atoms with Crippen molar-refractivity contribution in [2.75, 3.05) is 7.11 Å². The first-order chi connectivity index (χ1) is 7.29. The Hall–Kier alpha value is -1.36. The summed E-state index contributed by atoms with van der Waals surface area (Å²) >= 11 is 3.32. The van der Waals surface area contributed by atoms with Crippen LogP contribution in [0.1, 0.15) is 5.56 Å². The van der Waals surface area contributed by atoms with Gasteiger partial charge in [-0.25, -0.2) is 9.67 Å². The number of methoxy groups -OCH3 is 1. The van der Waals surface area contributed by atoms with Crippen LogP contribution in [0.3, 0.4) is 0 Å². The van der Waals surface area contributed by atoms with E-state index < -0.39 is 0 Å². The van der Waals surface area contributed by atoms with Crippen molar-refractivity contribution in [3.63, 3.8) is 0 Å². The van der Waals surface area contributed by atoms with Crippen molar-refractivity contribution in [1.29, 1.82) is 0 Å². The lowest BCUT2D eigenvalue weighted by Crippen LogP contribution is -2.01. The molecule has 15 heavy (non-hydrogen) atoms. The summed E-state index contributed by atoms with van der Waals surface area (Å²) < 4.78 is 7.60. The molecule has 0 fully saturated rings. The summed E-state index contributed by atoms with van der Waals surface area (Å²) in [5.41, 5.74) is 1.15. The van der Waals surface area contributed by atoms with Gasteiger partial charge in [-0.2, -0.15) is 5.10 Å². The zero-order chi connectivity index (χ0) is 10.7. The maximum Gasteiger partial charge on any atom is 0.195 e. The number of ether oxygens (including phenoxy) is 1. The average Bonchev–Trinajstić information content (AvgIpc) is 2.66. The normalized spacial score (nSPS) is 10.3. The maximum atomic E-state index is 5.08. The van der Waals surface area contributed by atoms with Crippen LogP contribution in [0.25, 0.3) is 0 Å². The standard InChI is InChI=1S/C10H10BrN3O/c1-15-9-4-2-8(3-5-9)6-14-10(11)12-7-13-14/h2-5,7H,6H2,1H3. The molecule has 0 N–H and O–H groups in total. The summed E-state index contributed by atoms with van der Waals surface area (Å²) in [5, 5.41) is 4.08. The van der Waals surface area contributed by atoms with E-state index in [2.05, 4.69) is 26.0 Å². The van der Waals surface area contributed by atoms with E-state index in [9.17, 15) is 0 Å². The molecule has 0 aliphatic heterocycles. The van der Waals surface area contributed by atoms with Crippen molar-refractivity contribution in [2.45, 2.75) is 6.54 Å². The molecule has 4 nitrogen and oxygen atoms in total. The lowest BCUT2D eigenvalue weighted by molar-refractivity contribution is 0.414. The molecule has 1 aromatic carbocycles. The van der Waals surface area contributed by atoms with E-state index in [0.29, 0.717) is 6.54 Å². The Morgan fingerprint density at radius 1 is 1.33 bits per heavy atom. The van der Waals surface area contributed by atoms with Gasteiger partial charge in [0.15, 0.2) is 4.73 Å². The fourth-order valence-corrected chi connectivity index (χ4v) is 1.57. The van der Waals surface area contributed by atoms with Crippen molar-refractivity contribution in [3.8, 4) is 5.75 Å². The Labute approximate surface area is 96.0 Å². The Balaban J connectivity index is 2.14. The minimum Gasteiger partial charge on any atom is -0.497 e. The lowest BCUT2D eigenvalue weighted by atomic mass is 10.2. The number of halogens is 1. The van der Waals surface area contributed by atoms with Gasteiger partial charge in [0.1, 0.15) is 12.1 Å². The highest BCUT2D eigenvalue weighted by Gasteiger charge is 2.01. The molecule has 2 aromatic rings. The van der Waals surface area contributed by atoms with Crippen LogP contribution in [0.4, 0.5) is 0 Å². The molecule has 0 atom stereocenters. The molecule has 0 radical (unpaired) electrons. The van der Waals surface area contributed by atoms with Crippen molar-refractivity contribution in [1.82, 2.24) is 14.8 Å². The average molecular weight is 268 g/mol. The number of rotatable bonds is 3. The van der Waals surface area contributed by atoms with Crippen molar-refractivity contribution >= 4 is 15.9 Å². The van der Waals surface area contributed by atoms with Crippen molar-refractivity contribution in [3.05, 3.63) is 40.9 Å². The van der Waals surface area contributed by atoms with E-state index >= 15 is 0 Å². The minimum absolute atomic E-state index is 0.699. The molecule has 0 saturated heterocycles. The van der Waals surface area contributed by atoms with Crippen LogP contribution in [0.2, 0.25) is 0 Å². The fraction of sp³-hybridized carbons (Fsp3) is 0.200. The van der Waals surface area contributed by atoms with Gasteiger partial charge in [-0.15, -0.1) is 0 Å². The SMILES string of the molecule is COc1ccc(Cn2ncnc2Br)cc1. The van der Waals surface area contributed by atoms with Crippen LogP contribution in [0.5, 0.6) is 5.75 Å². The first kappa shape index (κ1) is 10.2. The van der Waals surface area contributed by atoms with Crippen LogP contribution < -0.4 is 4.74 Å². The first-order valence-corrected chi connectivity index (χ1v) is 5.25. The van der Waals surface area contributed by atoms with Gasteiger partial charge in [0.05, 0.1) is 13.7 Å². The van der Waals surface area contributed by atoms with E-state index in [1.54, 1.807) is 11.8 Å². The highest BCUT2D eigenvalue weighted by Crippen LogP contribution is 2.13. The number of hydrogen-bond acceptors (Lipinski definition) is 3. The Morgan fingerprint density at radius 2 is 2.07 bits per heavy atom. The third-order valence-electron chi connectivity index (χ3n) is 2.06. The van der Waals surface area contributed by atoms with Crippen LogP contribution in [0, 0.1) is 0 Å². The van der Waals surface area contributed by atoms with Crippen LogP contribution in [-0.4, -0.2) is 21.9 Å². The summed E-state index contributed by atoms with van der Waals surface area (Å²) in [5.74, 6) is 0.858. The molecule has 0 aliphatic carbocycles. The predicted molar refractivity (Wildman–Crippen MR) is 59.8 cm³/mol. The molecule has 0 unspecified atom stereocenters. The second-order valence-corrected chi connectivity index (χ2v) is 3.74. The van der Waals surface area contributed by atoms with E-state index in [4.69, 9.17) is 4.74 Å². The van der Waals surface area contributed by atoms with E-state index in [1.807, 2.05) is 24.3 Å². The van der Waals surface area contributed by atoms with Crippen LogP contribution >= 0.6 is 15.9 Å². The van der Waals surface area contributed by atoms with Gasteiger partial charge in [0.2, 0.25) is 0 Å². The van der Waals surface area contributed by atoms with E-state index in [1.165, 1.54) is 6.33 Å². The van der Waals surface area contributed by atoms with Crippen molar-refractivity contribution in [2.24, 2.45) is 0 Å². The summed E-state index contributed by atoms with van der Waals surface area (Å²) in [6.07, 6.45) is 1.52. The number of hydrogen-bond donors (Lipinski definition) is 0. The molecule has 2 rings (SSSR count). The molecule has 78 valence electrons. The summed E-state index contributed by atoms with van der Waals surface area (Å²) in [6.45, 7) is 0.699. The third kappa shape index (κ3) is 2.36. The van der Waals surface area contributed by atoms with Gasteiger partial charge in [-0.05, 0) is 33.6 Å². The van der Waals surface area contributed by atoms with Gasteiger partial charge >= 0.3 is 0 Å². The van der Waals surface area contributed by atoms with Crippen LogP contribution in [0.15, 0.2) is 35.3 Å². The molecule has 0 spiro atoms. The molecule has 0 amide bonds. The molecule has 0 aliphatic rings. The molecule has 0 bridgehead atoms. The summed E-state index contributed by atoms with van der Waals surface area (Å²) in [4.78, 5) is 3.99. The Kier molecular flexibility index (Phi) is 3.01. The fourth-order valence-electron chi connectivity index (χ4n) is 1.26. The van der Waals surface area contributed by atoms with Gasteiger partial charge in [0, 0.05) is 0 Å². The quantitative estimate of drug-likeness (QED) is 0.855. The third-order valence-corrected chi connectivity index (χ3v) is 2.67. The van der Waals surface area contributed by atoms with E-state index in [0.717, 1.165) is 16.0 Å². The Bertz CT molecular complexity index is 438. The maximum absolute atomic E-state index is 5.08. The molecule has 5 heteroatoms. The van der Waals surface area contributed by atoms with Gasteiger partial charge in [0.25, 0.3) is 0 Å². The summed E-state index contributed by atoms with van der Waals surface area (Å²) in [7, 11) is 1.66. The largest absolute Gasteiger partial charge is 0.497 e. The lowest BCUT2D eigenvalue weighted by Gasteiger charge is -2.04. The monoisotopic (exact) mass is 267 g/mol. The highest BCUT2D eigenvalue weighted by molar-refractivity contribution is 9.10. The molecule has 1 heterocycles. The van der Waals surface area contributed by atoms with Gasteiger partial charge < -0.3 is 4.74 Å². The predicted octanol–water partition coefficient (Wildman–Crippen LogP) is 2.10. The van der Waals surface area contributed by atoms with Gasteiger partial charge in [-0.3, -0.25) is 0 Å². The summed E-state index contributed by atoms with van der Waals surface area (Å²) in [6, 6.07) is 7.88. The number of aromatic nitrogens is 3. The second kappa shape index (κ2) is 4.44. The van der Waals surface area contributed by atoms with E-state index in [-0.39, 0.29) is 0 Å². The zero-order valence-electron chi connectivity index (χ0n) is 8.22. The smallest absolute Gasteiger partial charge is 0.195 e. The molecule has 0 saturated carbocycles. The molecule has 1 aromatic heterocycles. The number of benzene rings is 1. The first-order valence-electron chi connectivity index (χ1n) is 4.46.